The average Bonchev–Trinajstić information content (AvgIpc) is 3.08. The van der Waals surface area contributed by atoms with Gasteiger partial charge in [0.1, 0.15) is 34.8 Å². The van der Waals surface area contributed by atoms with Crippen LogP contribution in [0.3, 0.4) is 0 Å². The number of amides is 2. The van der Waals surface area contributed by atoms with E-state index in [9.17, 15) is 19.8 Å². The van der Waals surface area contributed by atoms with Crippen LogP contribution >= 0.6 is 23.2 Å². The topological polar surface area (TPSA) is 117 Å². The van der Waals surface area contributed by atoms with Crippen molar-refractivity contribution in [1.82, 2.24) is 10.6 Å². The number of halogens is 2. The summed E-state index contributed by atoms with van der Waals surface area (Å²) < 4.78 is 12.5. The second kappa shape index (κ2) is 16.1. The maximum absolute atomic E-state index is 12.0. The zero-order valence-electron chi connectivity index (χ0n) is 27.1. The lowest BCUT2D eigenvalue weighted by Gasteiger charge is -2.21. The molecule has 0 saturated carbocycles. The van der Waals surface area contributed by atoms with Gasteiger partial charge in [-0.05, 0) is 93.7 Å². The predicted molar refractivity (Wildman–Crippen MR) is 188 cm³/mol. The van der Waals surface area contributed by atoms with Gasteiger partial charge in [-0.2, -0.15) is 0 Å². The van der Waals surface area contributed by atoms with Gasteiger partial charge in [-0.15, -0.1) is 23.2 Å². The molecule has 0 aromatic heterocycles. The molecular weight excluding hydrogens is 651 g/mol. The third-order valence-electron chi connectivity index (χ3n) is 8.33. The molecule has 0 heterocycles. The van der Waals surface area contributed by atoms with E-state index in [-0.39, 0.29) is 48.2 Å². The fraction of sp³-hybridized carbons (Fsp3) is 0.316. The number of para-hydroxylation sites is 2. The number of benzene rings is 4. The van der Waals surface area contributed by atoms with Crippen molar-refractivity contribution in [2.75, 3.05) is 25.0 Å². The van der Waals surface area contributed by atoms with Gasteiger partial charge in [0.15, 0.2) is 0 Å². The number of rotatable bonds is 10. The maximum Gasteiger partial charge on any atom is 0.235 e. The molecular formula is C38H40Cl2N2O6. The molecule has 0 atom stereocenters. The van der Waals surface area contributed by atoms with Gasteiger partial charge in [0.25, 0.3) is 0 Å². The van der Waals surface area contributed by atoms with E-state index in [2.05, 4.69) is 10.6 Å². The van der Waals surface area contributed by atoms with Gasteiger partial charge >= 0.3 is 0 Å². The number of phenols is 2. The molecule has 10 heteroatoms. The van der Waals surface area contributed by atoms with E-state index >= 15 is 0 Å². The molecule has 4 N–H and O–H groups in total. The van der Waals surface area contributed by atoms with Crippen LogP contribution in [0.25, 0.3) is 0 Å². The third kappa shape index (κ3) is 8.17. The van der Waals surface area contributed by atoms with Crippen LogP contribution in [0.2, 0.25) is 0 Å². The van der Waals surface area contributed by atoms with E-state index in [1.165, 1.54) is 0 Å². The molecule has 1 aliphatic rings. The van der Waals surface area contributed by atoms with Crippen molar-refractivity contribution < 1.29 is 29.3 Å². The van der Waals surface area contributed by atoms with Gasteiger partial charge in [-0.3, -0.25) is 9.59 Å². The highest BCUT2D eigenvalue weighted by Gasteiger charge is 2.21. The van der Waals surface area contributed by atoms with Crippen LogP contribution in [0.15, 0.2) is 60.7 Å². The van der Waals surface area contributed by atoms with Crippen molar-refractivity contribution in [1.29, 1.82) is 0 Å². The van der Waals surface area contributed by atoms with Crippen LogP contribution < -0.4 is 20.1 Å². The minimum absolute atomic E-state index is 0.145. The Morgan fingerprint density at radius 2 is 0.917 bits per heavy atom. The van der Waals surface area contributed by atoms with Crippen molar-refractivity contribution in [2.24, 2.45) is 0 Å². The number of hydrogen-bond donors (Lipinski definition) is 4. The van der Waals surface area contributed by atoms with Crippen molar-refractivity contribution in [3.8, 4) is 23.0 Å². The summed E-state index contributed by atoms with van der Waals surface area (Å²) in [5, 5.41) is 29.1. The number of hydrogen-bond acceptors (Lipinski definition) is 6. The Hall–Kier alpha value is -4.40. The smallest absolute Gasteiger partial charge is 0.235 e. The minimum atomic E-state index is -0.281. The fourth-order valence-electron chi connectivity index (χ4n) is 6.22. The first-order chi connectivity index (χ1) is 23.2. The van der Waals surface area contributed by atoms with Crippen LogP contribution in [-0.2, 0) is 48.4 Å². The second-order valence-corrected chi connectivity index (χ2v) is 12.3. The van der Waals surface area contributed by atoms with Crippen molar-refractivity contribution >= 4 is 35.0 Å². The molecule has 1 aliphatic carbocycles. The first kappa shape index (κ1) is 34.9. The van der Waals surface area contributed by atoms with Crippen LogP contribution in [0.1, 0.15) is 69.5 Å². The lowest BCUT2D eigenvalue weighted by Crippen LogP contribution is -2.23. The molecule has 0 spiro atoms. The van der Waals surface area contributed by atoms with Crippen LogP contribution in [0, 0.1) is 0 Å². The van der Waals surface area contributed by atoms with Crippen LogP contribution in [0.4, 0.5) is 0 Å². The maximum atomic E-state index is 12.0. The molecule has 48 heavy (non-hydrogen) atoms. The Morgan fingerprint density at radius 3 is 1.19 bits per heavy atom. The van der Waals surface area contributed by atoms with E-state index in [1.807, 2.05) is 74.5 Å². The molecule has 0 unspecified atom stereocenters. The minimum Gasteiger partial charge on any atom is -0.507 e. The number of carbonyl (C=O) groups excluding carboxylic acids is 2. The lowest BCUT2D eigenvalue weighted by atomic mass is 9.89. The molecule has 5 rings (SSSR count). The quantitative estimate of drug-likeness (QED) is 0.128. The molecule has 0 fully saturated rings. The van der Waals surface area contributed by atoms with Crippen LogP contribution in [0.5, 0.6) is 23.0 Å². The molecule has 2 amide bonds. The molecule has 0 saturated heterocycles. The van der Waals surface area contributed by atoms with Gasteiger partial charge in [0, 0.05) is 38.8 Å². The van der Waals surface area contributed by atoms with Gasteiger partial charge < -0.3 is 30.3 Å². The molecule has 0 radical (unpaired) electrons. The summed E-state index contributed by atoms with van der Waals surface area (Å²) in [4.78, 5) is 24.1. The van der Waals surface area contributed by atoms with E-state index in [4.69, 9.17) is 32.7 Å². The standard InChI is InChI=1S/C38H40Cl2N2O6/c1-3-47-37-25-7-5-8-26(37)16-30-12-24(22-42-34(44)20-40)14-32(36(30)46)18-28-10-6-9-27(38(28)48-4-2)17-31-13-23(21-41-33(43)19-39)11-29(15-25)35(31)45/h5-14,45-46H,3-4,15-22H2,1-2H3,(H,41,43)(H,42,44). The zero-order chi connectivity index (χ0) is 34.2. The lowest BCUT2D eigenvalue weighted by molar-refractivity contribution is -0.119. The zero-order valence-corrected chi connectivity index (χ0v) is 28.6. The highest BCUT2D eigenvalue weighted by Crippen LogP contribution is 2.39. The molecule has 4 aromatic rings. The summed E-state index contributed by atoms with van der Waals surface area (Å²) in [7, 11) is 0. The fourth-order valence-corrected chi connectivity index (χ4v) is 6.41. The summed E-state index contributed by atoms with van der Waals surface area (Å²) in [6.07, 6.45) is 1.44. The largest absolute Gasteiger partial charge is 0.507 e. The van der Waals surface area contributed by atoms with E-state index in [0.29, 0.717) is 72.6 Å². The molecule has 0 aliphatic heterocycles. The van der Waals surface area contributed by atoms with E-state index < -0.39 is 0 Å². The number of carbonyl (C=O) groups is 2. The Kier molecular flexibility index (Phi) is 11.7. The van der Waals surface area contributed by atoms with Gasteiger partial charge in [-0.25, -0.2) is 0 Å². The SMILES string of the molecule is CCOc1c2cccc1Cc1cc(CNC(=O)CCl)cc(c1O)Cc1cccc(c1OCC)Cc1cc(CNC(=O)CCl)cc(c1O)C2. The molecule has 252 valence electrons. The van der Waals surface area contributed by atoms with Gasteiger partial charge in [0.2, 0.25) is 11.8 Å². The van der Waals surface area contributed by atoms with Gasteiger partial charge in [0.05, 0.1) is 13.2 Å². The number of ether oxygens (including phenoxy) is 2. The predicted octanol–water partition coefficient (Wildman–Crippen LogP) is 6.28. The van der Waals surface area contributed by atoms with E-state index in [0.717, 1.165) is 33.4 Å². The summed E-state index contributed by atoms with van der Waals surface area (Å²) in [5.74, 6) is 0.844. The molecule has 8 bridgehead atoms. The highest BCUT2D eigenvalue weighted by molar-refractivity contribution is 6.27. The van der Waals surface area contributed by atoms with Crippen molar-refractivity contribution in [3.63, 3.8) is 0 Å². The normalized spacial score (nSPS) is 12.2. The summed E-state index contributed by atoms with van der Waals surface area (Å²) in [5.41, 5.74) is 7.86. The average molecular weight is 692 g/mol. The summed E-state index contributed by atoms with van der Waals surface area (Å²) >= 11 is 11.5. The van der Waals surface area contributed by atoms with Gasteiger partial charge in [-0.1, -0.05) is 36.4 Å². The van der Waals surface area contributed by atoms with Crippen molar-refractivity contribution in [2.45, 2.75) is 52.6 Å². The number of phenolic OH excluding ortho intramolecular Hbond substituents is 2. The van der Waals surface area contributed by atoms with Crippen molar-refractivity contribution in [3.05, 3.63) is 116 Å². The number of alkyl halides is 2. The first-order valence-electron chi connectivity index (χ1n) is 16.0. The Balaban J connectivity index is 1.72. The molecule has 4 aromatic carbocycles. The third-order valence-corrected chi connectivity index (χ3v) is 8.82. The van der Waals surface area contributed by atoms with Crippen LogP contribution in [-0.4, -0.2) is 47.0 Å². The monoisotopic (exact) mass is 690 g/mol. The Morgan fingerprint density at radius 1 is 0.604 bits per heavy atom. The highest BCUT2D eigenvalue weighted by atomic mass is 35.5. The summed E-state index contributed by atoms with van der Waals surface area (Å²) in [6, 6.07) is 19.4. The first-order valence-corrected chi connectivity index (χ1v) is 17.1. The second-order valence-electron chi connectivity index (χ2n) is 11.7. The number of aromatic hydroxyl groups is 2. The Bertz CT molecular complexity index is 1590. The molecule has 8 nitrogen and oxygen atoms in total. The number of nitrogens with one attached hydrogen (secondary N) is 2. The number of fused-ring (bicyclic) bond motifs is 8. The Labute approximate surface area is 291 Å². The summed E-state index contributed by atoms with van der Waals surface area (Å²) in [6.45, 7) is 5.18. The van der Waals surface area contributed by atoms with E-state index in [1.54, 1.807) is 0 Å².